The molecule has 36 heavy (non-hydrogen) atoms. The van der Waals surface area contributed by atoms with E-state index in [2.05, 4.69) is 10.2 Å². The fourth-order valence-corrected chi connectivity index (χ4v) is 5.20. The lowest BCUT2D eigenvalue weighted by Gasteiger charge is -2.40. The van der Waals surface area contributed by atoms with Crippen molar-refractivity contribution in [1.29, 1.82) is 0 Å². The molecule has 0 radical (unpaired) electrons. The van der Waals surface area contributed by atoms with Gasteiger partial charge in [0.05, 0.1) is 21.8 Å². The highest BCUT2D eigenvalue weighted by molar-refractivity contribution is 6.42. The molecule has 7 heteroatoms. The number of amides is 1. The SMILES string of the molecule is O=C(NCCC(c1ccc(Cl)c(Cl)c1)C(O)CN1CCC(O)(c2ccccc2)CC1)c1ccccc1. The third kappa shape index (κ3) is 6.67. The van der Waals surface area contributed by atoms with Crippen molar-refractivity contribution in [2.75, 3.05) is 26.2 Å². The molecule has 1 saturated heterocycles. The van der Waals surface area contributed by atoms with Gasteiger partial charge in [0.2, 0.25) is 0 Å². The van der Waals surface area contributed by atoms with Crippen LogP contribution in [0.1, 0.15) is 46.7 Å². The molecule has 0 aromatic heterocycles. The number of benzene rings is 3. The van der Waals surface area contributed by atoms with Crippen LogP contribution in [0.2, 0.25) is 10.0 Å². The molecule has 3 aromatic rings. The molecular formula is C29H32Cl2N2O3. The van der Waals surface area contributed by atoms with Crippen LogP contribution in [0.25, 0.3) is 0 Å². The number of nitrogens with zero attached hydrogens (tertiary/aromatic N) is 1. The molecule has 3 N–H and O–H groups in total. The van der Waals surface area contributed by atoms with Gasteiger partial charge in [-0.15, -0.1) is 0 Å². The van der Waals surface area contributed by atoms with E-state index in [0.717, 1.165) is 11.1 Å². The first kappa shape index (κ1) is 26.6. The predicted molar refractivity (Wildman–Crippen MR) is 145 cm³/mol. The third-order valence-corrected chi connectivity index (χ3v) is 7.79. The second kappa shape index (κ2) is 12.2. The first-order valence-corrected chi connectivity index (χ1v) is 13.1. The van der Waals surface area contributed by atoms with Crippen LogP contribution in [0.4, 0.5) is 0 Å². The molecule has 1 heterocycles. The Morgan fingerprint density at radius 3 is 2.22 bits per heavy atom. The second-order valence-corrected chi connectivity index (χ2v) is 10.3. The molecule has 0 bridgehead atoms. The van der Waals surface area contributed by atoms with Crippen LogP contribution < -0.4 is 5.32 Å². The lowest BCUT2D eigenvalue weighted by atomic mass is 9.84. The molecular weight excluding hydrogens is 495 g/mol. The maximum Gasteiger partial charge on any atom is 0.251 e. The summed E-state index contributed by atoms with van der Waals surface area (Å²) in [7, 11) is 0. The number of piperidine rings is 1. The minimum Gasteiger partial charge on any atom is -0.391 e. The third-order valence-electron chi connectivity index (χ3n) is 7.05. The van der Waals surface area contributed by atoms with Crippen molar-refractivity contribution in [3.63, 3.8) is 0 Å². The number of halogens is 2. The van der Waals surface area contributed by atoms with Gasteiger partial charge in [-0.2, -0.15) is 0 Å². The van der Waals surface area contributed by atoms with Crippen molar-refractivity contribution < 1.29 is 15.0 Å². The Kier molecular flexibility index (Phi) is 9.04. The number of aliphatic hydroxyl groups is 2. The van der Waals surface area contributed by atoms with E-state index in [4.69, 9.17) is 23.2 Å². The zero-order valence-corrected chi connectivity index (χ0v) is 21.6. The van der Waals surface area contributed by atoms with Gasteiger partial charge >= 0.3 is 0 Å². The van der Waals surface area contributed by atoms with E-state index in [1.807, 2.05) is 54.6 Å². The second-order valence-electron chi connectivity index (χ2n) is 9.46. The molecule has 2 atom stereocenters. The maximum atomic E-state index is 12.5. The van der Waals surface area contributed by atoms with Crippen LogP contribution in [-0.2, 0) is 5.60 Å². The van der Waals surface area contributed by atoms with Crippen LogP contribution in [0.15, 0.2) is 78.9 Å². The standard InChI is InChI=1S/C29H32Cl2N2O3/c30-25-12-11-22(19-26(25)31)24(13-16-32-28(35)21-7-3-1-4-8-21)27(34)20-33-17-14-29(36,15-18-33)23-9-5-2-6-10-23/h1-12,19,24,27,34,36H,13-18,20H2,(H,32,35). The molecule has 0 saturated carbocycles. The van der Waals surface area contributed by atoms with Gasteiger partial charge < -0.3 is 20.4 Å². The topological polar surface area (TPSA) is 72.8 Å². The van der Waals surface area contributed by atoms with Gasteiger partial charge in [0.15, 0.2) is 0 Å². The Labute approximate surface area is 222 Å². The zero-order valence-electron chi connectivity index (χ0n) is 20.1. The van der Waals surface area contributed by atoms with Crippen molar-refractivity contribution in [1.82, 2.24) is 10.2 Å². The first-order chi connectivity index (χ1) is 17.4. The summed E-state index contributed by atoms with van der Waals surface area (Å²) in [5.41, 5.74) is 1.58. The van der Waals surface area contributed by atoms with Gasteiger partial charge in [-0.05, 0) is 54.7 Å². The Bertz CT molecular complexity index is 1140. The smallest absolute Gasteiger partial charge is 0.251 e. The Morgan fingerprint density at radius 2 is 1.58 bits per heavy atom. The van der Waals surface area contributed by atoms with E-state index < -0.39 is 11.7 Å². The number of carbonyl (C=O) groups is 1. The summed E-state index contributed by atoms with van der Waals surface area (Å²) >= 11 is 12.4. The maximum absolute atomic E-state index is 12.5. The fraction of sp³-hybridized carbons (Fsp3) is 0.345. The highest BCUT2D eigenvalue weighted by Gasteiger charge is 2.35. The minimum atomic E-state index is -0.840. The minimum absolute atomic E-state index is 0.144. The summed E-state index contributed by atoms with van der Waals surface area (Å²) in [6, 6.07) is 24.3. The van der Waals surface area contributed by atoms with Crippen LogP contribution in [0.3, 0.4) is 0 Å². The number of β-amino-alcohol motifs (C(OH)–C–C–N with tert-alkyl or cyclic N) is 1. The molecule has 0 spiro atoms. The summed E-state index contributed by atoms with van der Waals surface area (Å²) < 4.78 is 0. The van der Waals surface area contributed by atoms with E-state index in [9.17, 15) is 15.0 Å². The monoisotopic (exact) mass is 526 g/mol. The molecule has 3 aromatic carbocycles. The molecule has 2 unspecified atom stereocenters. The summed E-state index contributed by atoms with van der Waals surface area (Å²) in [5, 5.41) is 26.3. The van der Waals surface area contributed by atoms with Crippen molar-refractivity contribution in [3.8, 4) is 0 Å². The van der Waals surface area contributed by atoms with E-state index in [1.165, 1.54) is 0 Å². The molecule has 1 amide bonds. The zero-order chi connectivity index (χ0) is 25.5. The first-order valence-electron chi connectivity index (χ1n) is 12.3. The Hall–Kier alpha value is -2.41. The normalized spacial score (nSPS) is 17.3. The summed E-state index contributed by atoms with van der Waals surface area (Å²) in [6.45, 7) is 2.23. The quantitative estimate of drug-likeness (QED) is 0.356. The Morgan fingerprint density at radius 1 is 0.944 bits per heavy atom. The number of likely N-dealkylation sites (tertiary alicyclic amines) is 1. The number of hydrogen-bond donors (Lipinski definition) is 3. The average molecular weight is 527 g/mol. The van der Waals surface area contributed by atoms with Gasteiger partial charge in [-0.25, -0.2) is 0 Å². The highest BCUT2D eigenvalue weighted by Crippen LogP contribution is 2.34. The van der Waals surface area contributed by atoms with Gasteiger partial charge in [0.1, 0.15) is 0 Å². The van der Waals surface area contributed by atoms with Crippen LogP contribution in [-0.4, -0.2) is 53.3 Å². The Balaban J connectivity index is 1.40. The molecule has 4 rings (SSSR count). The molecule has 1 aliphatic heterocycles. The molecule has 190 valence electrons. The fourth-order valence-electron chi connectivity index (χ4n) is 4.89. The number of carbonyl (C=O) groups excluding carboxylic acids is 1. The van der Waals surface area contributed by atoms with Gasteiger partial charge in [-0.1, -0.05) is 77.8 Å². The van der Waals surface area contributed by atoms with Gasteiger partial charge in [0.25, 0.3) is 5.91 Å². The van der Waals surface area contributed by atoms with Gasteiger partial charge in [-0.3, -0.25) is 4.79 Å². The number of nitrogens with one attached hydrogen (secondary N) is 1. The van der Waals surface area contributed by atoms with Crippen molar-refractivity contribution >= 4 is 29.1 Å². The van der Waals surface area contributed by atoms with E-state index >= 15 is 0 Å². The van der Waals surface area contributed by atoms with Crippen molar-refractivity contribution in [2.45, 2.75) is 36.9 Å². The van der Waals surface area contributed by atoms with E-state index in [0.29, 0.717) is 61.1 Å². The number of aliphatic hydroxyl groups excluding tert-OH is 1. The highest BCUT2D eigenvalue weighted by atomic mass is 35.5. The summed E-state index contributed by atoms with van der Waals surface area (Å²) in [4.78, 5) is 14.7. The molecule has 1 fully saturated rings. The molecule has 0 aliphatic carbocycles. The lowest BCUT2D eigenvalue weighted by Crippen LogP contribution is -2.46. The van der Waals surface area contributed by atoms with Crippen LogP contribution >= 0.6 is 23.2 Å². The van der Waals surface area contributed by atoms with E-state index in [1.54, 1.807) is 24.3 Å². The van der Waals surface area contributed by atoms with Gasteiger partial charge in [0, 0.05) is 37.7 Å². The number of hydrogen-bond acceptors (Lipinski definition) is 4. The lowest BCUT2D eigenvalue weighted by molar-refractivity contribution is -0.0363. The van der Waals surface area contributed by atoms with Crippen LogP contribution in [0, 0.1) is 0 Å². The predicted octanol–water partition coefficient (Wildman–Crippen LogP) is 5.24. The summed E-state index contributed by atoms with van der Waals surface area (Å²) in [6.07, 6.45) is 1.07. The largest absolute Gasteiger partial charge is 0.391 e. The van der Waals surface area contributed by atoms with Crippen LogP contribution in [0.5, 0.6) is 0 Å². The number of rotatable bonds is 9. The van der Waals surface area contributed by atoms with E-state index in [-0.39, 0.29) is 11.8 Å². The van der Waals surface area contributed by atoms with Crippen molar-refractivity contribution in [3.05, 3.63) is 106 Å². The molecule has 5 nitrogen and oxygen atoms in total. The van der Waals surface area contributed by atoms with Crippen molar-refractivity contribution in [2.24, 2.45) is 0 Å². The average Bonchev–Trinajstić information content (AvgIpc) is 2.90. The molecule has 1 aliphatic rings. The summed E-state index contributed by atoms with van der Waals surface area (Å²) in [5.74, 6) is -0.389.